The van der Waals surface area contributed by atoms with Crippen LogP contribution in [-0.4, -0.2) is 18.3 Å². The number of nitro groups is 1. The highest BCUT2D eigenvalue weighted by molar-refractivity contribution is 9.10. The second kappa shape index (κ2) is 5.71. The molecule has 2 aromatic carbocycles. The number of benzene rings is 2. The van der Waals surface area contributed by atoms with E-state index in [0.717, 1.165) is 0 Å². The van der Waals surface area contributed by atoms with Gasteiger partial charge in [-0.05, 0) is 46.3 Å². The Bertz CT molecular complexity index is 1030. The van der Waals surface area contributed by atoms with Crippen LogP contribution in [-0.2, 0) is 9.84 Å². The molecule has 0 saturated heterocycles. The lowest BCUT2D eigenvalue weighted by molar-refractivity contribution is -0.383. The number of non-ortho nitro benzene ring substituents is 1. The van der Waals surface area contributed by atoms with Gasteiger partial charge in [-0.25, -0.2) is 13.4 Å². The van der Waals surface area contributed by atoms with E-state index >= 15 is 0 Å². The lowest BCUT2D eigenvalue weighted by Gasteiger charge is -2.07. The average Bonchev–Trinajstić information content (AvgIpc) is 2.53. The quantitative estimate of drug-likeness (QED) is 0.500. The molecule has 0 atom stereocenters. The second-order valence-electron chi connectivity index (χ2n) is 4.68. The third-order valence-electron chi connectivity index (χ3n) is 3.28. The molecular weight excluding hydrogens is 384 g/mol. The van der Waals surface area contributed by atoms with Crippen LogP contribution in [0.4, 0.5) is 5.69 Å². The Labute approximate surface area is 140 Å². The van der Waals surface area contributed by atoms with Gasteiger partial charge in [0.15, 0.2) is 5.03 Å². The molecule has 0 aliphatic heterocycles. The van der Waals surface area contributed by atoms with Gasteiger partial charge >= 0.3 is 0 Å². The molecule has 23 heavy (non-hydrogen) atoms. The van der Waals surface area contributed by atoms with Crippen molar-refractivity contribution in [2.45, 2.75) is 9.92 Å². The molecule has 0 bridgehead atoms. The predicted molar refractivity (Wildman–Crippen MR) is 88.0 cm³/mol. The fourth-order valence-corrected chi connectivity index (χ4v) is 4.40. The molecule has 0 N–H and O–H groups in total. The van der Waals surface area contributed by atoms with Gasteiger partial charge < -0.3 is 0 Å². The molecule has 0 fully saturated rings. The molecular formula is C15H9BrN2O4S. The molecule has 1 heterocycles. The summed E-state index contributed by atoms with van der Waals surface area (Å²) >= 11 is 3.21. The largest absolute Gasteiger partial charge is 0.278 e. The van der Waals surface area contributed by atoms with Crippen LogP contribution >= 0.6 is 15.9 Å². The van der Waals surface area contributed by atoms with Gasteiger partial charge in [0, 0.05) is 10.5 Å². The molecule has 116 valence electrons. The van der Waals surface area contributed by atoms with E-state index in [1.165, 1.54) is 30.3 Å². The maximum absolute atomic E-state index is 12.7. The van der Waals surface area contributed by atoms with Crippen molar-refractivity contribution in [3.63, 3.8) is 0 Å². The normalized spacial score (nSPS) is 11.5. The van der Waals surface area contributed by atoms with Gasteiger partial charge in [-0.1, -0.05) is 18.2 Å². The van der Waals surface area contributed by atoms with Gasteiger partial charge in [-0.3, -0.25) is 10.1 Å². The van der Waals surface area contributed by atoms with Crippen molar-refractivity contribution in [1.82, 2.24) is 4.98 Å². The minimum atomic E-state index is -3.82. The number of rotatable bonds is 3. The highest BCUT2D eigenvalue weighted by Crippen LogP contribution is 2.30. The summed E-state index contributed by atoms with van der Waals surface area (Å²) in [5.41, 5.74) is 0.146. The molecule has 3 aromatic rings. The van der Waals surface area contributed by atoms with Crippen molar-refractivity contribution < 1.29 is 13.3 Å². The lowest BCUT2D eigenvalue weighted by Crippen LogP contribution is -2.05. The zero-order valence-corrected chi connectivity index (χ0v) is 13.9. The van der Waals surface area contributed by atoms with Gasteiger partial charge in [0.1, 0.15) is 0 Å². The first kappa shape index (κ1) is 15.6. The summed E-state index contributed by atoms with van der Waals surface area (Å²) in [5, 5.41) is 11.2. The van der Waals surface area contributed by atoms with Crippen molar-refractivity contribution in [3.8, 4) is 0 Å². The smallest absolute Gasteiger partial charge is 0.258 e. The van der Waals surface area contributed by atoms with Crippen molar-refractivity contribution in [1.29, 1.82) is 0 Å². The first-order valence-electron chi connectivity index (χ1n) is 6.45. The van der Waals surface area contributed by atoms with Gasteiger partial charge in [0.25, 0.3) is 5.69 Å². The van der Waals surface area contributed by atoms with E-state index in [1.807, 2.05) is 0 Å². The molecule has 0 spiro atoms. The van der Waals surface area contributed by atoms with Crippen molar-refractivity contribution >= 4 is 42.4 Å². The summed E-state index contributed by atoms with van der Waals surface area (Å²) < 4.78 is 25.8. The zero-order valence-electron chi connectivity index (χ0n) is 11.5. The highest BCUT2D eigenvalue weighted by atomic mass is 79.9. The highest BCUT2D eigenvalue weighted by Gasteiger charge is 2.23. The molecule has 6 nitrogen and oxygen atoms in total. The first-order valence-corrected chi connectivity index (χ1v) is 8.72. The van der Waals surface area contributed by atoms with Crippen LogP contribution in [0.25, 0.3) is 10.9 Å². The van der Waals surface area contributed by atoms with Crippen molar-refractivity contribution in [3.05, 3.63) is 69.2 Å². The molecule has 8 heteroatoms. The fourth-order valence-electron chi connectivity index (χ4n) is 2.20. The molecule has 0 amide bonds. The standard InChI is InChI=1S/C15H9BrN2O4S/c16-11-4-1-2-7-14(11)23(21,22)15-9-8-10-12(17-15)5-3-6-13(10)18(19)20/h1-9H. The number of halogens is 1. The number of sulfone groups is 1. The molecule has 1 aromatic heterocycles. The van der Waals surface area contributed by atoms with E-state index in [1.54, 1.807) is 24.3 Å². The molecule has 0 aliphatic rings. The minimum absolute atomic E-state index is 0.0947. The number of hydrogen-bond donors (Lipinski definition) is 0. The first-order chi connectivity index (χ1) is 10.9. The number of pyridine rings is 1. The lowest BCUT2D eigenvalue weighted by atomic mass is 10.2. The van der Waals surface area contributed by atoms with Crippen LogP contribution in [0.2, 0.25) is 0 Å². The third kappa shape index (κ3) is 2.71. The van der Waals surface area contributed by atoms with Crippen LogP contribution in [0.5, 0.6) is 0 Å². The monoisotopic (exact) mass is 392 g/mol. The van der Waals surface area contributed by atoms with E-state index in [2.05, 4.69) is 20.9 Å². The molecule has 0 aliphatic carbocycles. The zero-order chi connectivity index (χ0) is 16.6. The van der Waals surface area contributed by atoms with Crippen molar-refractivity contribution in [2.24, 2.45) is 0 Å². The van der Waals surface area contributed by atoms with Crippen LogP contribution in [0, 0.1) is 10.1 Å². The van der Waals surface area contributed by atoms with E-state index < -0.39 is 14.8 Å². The Hall–Kier alpha value is -2.32. The van der Waals surface area contributed by atoms with Gasteiger partial charge in [-0.2, -0.15) is 0 Å². The minimum Gasteiger partial charge on any atom is -0.258 e. The number of nitro benzene ring substituents is 1. The van der Waals surface area contributed by atoms with Crippen LogP contribution in [0.3, 0.4) is 0 Å². The number of hydrogen-bond acceptors (Lipinski definition) is 5. The van der Waals surface area contributed by atoms with E-state index in [4.69, 9.17) is 0 Å². The summed E-state index contributed by atoms with van der Waals surface area (Å²) in [4.78, 5) is 14.7. The number of fused-ring (bicyclic) bond motifs is 1. The molecule has 0 saturated carbocycles. The average molecular weight is 393 g/mol. The van der Waals surface area contributed by atoms with Crippen LogP contribution in [0.15, 0.2) is 69.0 Å². The van der Waals surface area contributed by atoms with Gasteiger partial charge in [0.2, 0.25) is 9.84 Å². The summed E-state index contributed by atoms with van der Waals surface area (Å²) in [5.74, 6) is 0. The Kier molecular flexibility index (Phi) is 3.87. The van der Waals surface area contributed by atoms with Gasteiger partial charge in [0.05, 0.1) is 20.7 Å². The maximum atomic E-state index is 12.7. The summed E-state index contributed by atoms with van der Waals surface area (Å²) in [6, 6.07) is 13.5. The molecule has 0 unspecified atom stereocenters. The topological polar surface area (TPSA) is 90.2 Å². The summed E-state index contributed by atoms with van der Waals surface area (Å²) in [7, 11) is -3.82. The second-order valence-corrected chi connectivity index (χ2v) is 7.40. The van der Waals surface area contributed by atoms with Gasteiger partial charge in [-0.15, -0.1) is 0 Å². The summed E-state index contributed by atoms with van der Waals surface area (Å²) in [6.45, 7) is 0. The molecule has 3 rings (SSSR count). The Balaban J connectivity index is 2.22. The van der Waals surface area contributed by atoms with E-state index in [0.29, 0.717) is 9.86 Å². The SMILES string of the molecule is O=[N+]([O-])c1cccc2nc(S(=O)(=O)c3ccccc3Br)ccc12. The van der Waals surface area contributed by atoms with Crippen molar-refractivity contribution in [2.75, 3.05) is 0 Å². The number of nitrogens with zero attached hydrogens (tertiary/aromatic N) is 2. The van der Waals surface area contributed by atoms with Crippen LogP contribution in [0.1, 0.15) is 0 Å². The predicted octanol–water partition coefficient (Wildman–Crippen LogP) is 3.74. The Morgan fingerprint density at radius 3 is 2.43 bits per heavy atom. The number of aromatic nitrogens is 1. The third-order valence-corrected chi connectivity index (χ3v) is 5.95. The Morgan fingerprint density at radius 1 is 1.00 bits per heavy atom. The maximum Gasteiger partial charge on any atom is 0.278 e. The summed E-state index contributed by atoms with van der Waals surface area (Å²) in [6.07, 6.45) is 0. The fraction of sp³-hybridized carbons (Fsp3) is 0. The van der Waals surface area contributed by atoms with Crippen LogP contribution < -0.4 is 0 Å². The Morgan fingerprint density at radius 2 is 1.74 bits per heavy atom. The molecule has 0 radical (unpaired) electrons. The van der Waals surface area contributed by atoms with E-state index in [-0.39, 0.29) is 21.1 Å². The van der Waals surface area contributed by atoms with E-state index in [9.17, 15) is 18.5 Å².